The van der Waals surface area contributed by atoms with Crippen LogP contribution in [0.2, 0.25) is 0 Å². The second kappa shape index (κ2) is 10.7. The first-order valence-electron chi connectivity index (χ1n) is 9.41. The fourth-order valence-corrected chi connectivity index (χ4v) is 3.51. The van der Waals surface area contributed by atoms with Crippen LogP contribution in [0.1, 0.15) is 48.0 Å². The van der Waals surface area contributed by atoms with E-state index in [0.717, 1.165) is 34.6 Å². The summed E-state index contributed by atoms with van der Waals surface area (Å²) in [5, 5.41) is 2.44. The van der Waals surface area contributed by atoms with Gasteiger partial charge in [-0.1, -0.05) is 0 Å². The Balaban J connectivity index is 3.75. The molecule has 12 nitrogen and oxygen atoms in total. The van der Waals surface area contributed by atoms with Gasteiger partial charge in [0.1, 0.15) is 12.2 Å². The SMILES string of the molecule is CC(=O)NCC1(OC(C)=O)[C@@H](OC(C)=O)[C@@H](OC(C)=O)C[C@@H](OC(C)=O)[C@@H]1OC(C)=O. The Morgan fingerprint density at radius 3 is 1.35 bits per heavy atom. The van der Waals surface area contributed by atoms with Gasteiger partial charge in [-0.3, -0.25) is 28.8 Å². The number of hydrogen-bond acceptors (Lipinski definition) is 11. The minimum atomic E-state index is -2.08. The van der Waals surface area contributed by atoms with E-state index in [1.54, 1.807) is 0 Å². The van der Waals surface area contributed by atoms with Crippen LogP contribution in [0.15, 0.2) is 0 Å². The Labute approximate surface area is 178 Å². The Morgan fingerprint density at radius 2 is 1.06 bits per heavy atom. The highest BCUT2D eigenvalue weighted by molar-refractivity contribution is 5.74. The van der Waals surface area contributed by atoms with Crippen LogP contribution in [-0.2, 0) is 52.5 Å². The summed E-state index contributed by atoms with van der Waals surface area (Å²) in [6, 6.07) is 0. The first-order chi connectivity index (χ1) is 14.3. The summed E-state index contributed by atoms with van der Waals surface area (Å²) in [7, 11) is 0. The lowest BCUT2D eigenvalue weighted by atomic mass is 9.75. The molecule has 5 atom stereocenters. The third kappa shape index (κ3) is 7.23. The Morgan fingerprint density at radius 1 is 0.677 bits per heavy atom. The van der Waals surface area contributed by atoms with Crippen LogP contribution in [0.25, 0.3) is 0 Å². The molecule has 0 aromatic carbocycles. The van der Waals surface area contributed by atoms with E-state index in [9.17, 15) is 28.8 Å². The molecule has 0 spiro atoms. The van der Waals surface area contributed by atoms with Crippen LogP contribution < -0.4 is 5.32 Å². The fourth-order valence-electron chi connectivity index (χ4n) is 3.51. The van der Waals surface area contributed by atoms with E-state index in [1.165, 1.54) is 6.92 Å². The number of carbonyl (C=O) groups excluding carboxylic acids is 6. The Hall–Kier alpha value is -3.18. The molecule has 1 saturated carbocycles. The van der Waals surface area contributed by atoms with Gasteiger partial charge in [-0.05, 0) is 0 Å². The zero-order chi connectivity index (χ0) is 23.9. The summed E-state index contributed by atoms with van der Waals surface area (Å²) in [5.74, 6) is -4.60. The normalized spacial score (nSPS) is 27.3. The van der Waals surface area contributed by atoms with Crippen LogP contribution in [0.3, 0.4) is 0 Å². The molecule has 0 aliphatic heterocycles. The predicted molar refractivity (Wildman–Crippen MR) is 100 cm³/mol. The predicted octanol–water partition coefficient (Wildman–Crippen LogP) is -0.445. The van der Waals surface area contributed by atoms with Gasteiger partial charge < -0.3 is 29.0 Å². The van der Waals surface area contributed by atoms with Gasteiger partial charge in [0.05, 0.1) is 6.54 Å². The van der Waals surface area contributed by atoms with Crippen molar-refractivity contribution in [3.05, 3.63) is 0 Å². The highest BCUT2D eigenvalue weighted by atomic mass is 16.7. The van der Waals surface area contributed by atoms with Crippen LogP contribution in [0, 0.1) is 0 Å². The number of amides is 1. The quantitative estimate of drug-likeness (QED) is 0.399. The Bertz CT molecular complexity index is 705. The molecular weight excluding hydrogens is 418 g/mol. The topological polar surface area (TPSA) is 161 Å². The first kappa shape index (κ1) is 25.9. The summed E-state index contributed by atoms with van der Waals surface area (Å²) >= 11 is 0. The molecule has 0 aromatic heterocycles. The van der Waals surface area contributed by atoms with Gasteiger partial charge in [-0.2, -0.15) is 0 Å². The number of hydrogen-bond donors (Lipinski definition) is 1. The van der Waals surface area contributed by atoms with Gasteiger partial charge in [0, 0.05) is 48.0 Å². The third-order valence-corrected chi connectivity index (χ3v) is 4.27. The fraction of sp³-hybridized carbons (Fsp3) is 0.684. The summed E-state index contributed by atoms with van der Waals surface area (Å²) < 4.78 is 26.7. The number of nitrogens with one attached hydrogen (secondary N) is 1. The lowest BCUT2D eigenvalue weighted by Gasteiger charge is -2.51. The largest absolute Gasteiger partial charge is 0.458 e. The van der Waals surface area contributed by atoms with Gasteiger partial charge in [0.2, 0.25) is 11.5 Å². The molecule has 1 aliphatic carbocycles. The zero-order valence-electron chi connectivity index (χ0n) is 18.2. The smallest absolute Gasteiger partial charge is 0.303 e. The van der Waals surface area contributed by atoms with E-state index in [2.05, 4.69) is 5.32 Å². The van der Waals surface area contributed by atoms with Crippen molar-refractivity contribution in [1.82, 2.24) is 5.32 Å². The van der Waals surface area contributed by atoms with E-state index in [1.807, 2.05) is 0 Å². The lowest BCUT2D eigenvalue weighted by Crippen LogP contribution is -2.73. The van der Waals surface area contributed by atoms with Gasteiger partial charge in [0.15, 0.2) is 12.2 Å². The molecule has 0 saturated heterocycles. The van der Waals surface area contributed by atoms with Crippen molar-refractivity contribution in [2.75, 3.05) is 6.54 Å². The maximum atomic E-state index is 12.1. The molecule has 31 heavy (non-hydrogen) atoms. The molecule has 1 fully saturated rings. The standard InChI is InChI=1S/C19H27NO11/c1-9(21)20-8-19(31-14(6)26)17(29-12(4)24)15(27-10(2)22)7-16(28-11(3)23)18(19)30-13(5)25/h15-18H,7-8H2,1-6H3,(H,20,21)/t15-,16+,17-,18-,19?/m0/s1. The number of rotatable bonds is 7. The minimum Gasteiger partial charge on any atom is -0.458 e. The lowest BCUT2D eigenvalue weighted by molar-refractivity contribution is -0.263. The molecule has 0 aromatic rings. The number of esters is 5. The highest BCUT2D eigenvalue weighted by Gasteiger charge is 2.64. The molecule has 1 aliphatic rings. The van der Waals surface area contributed by atoms with Gasteiger partial charge in [-0.25, -0.2) is 0 Å². The van der Waals surface area contributed by atoms with Crippen molar-refractivity contribution < 1.29 is 52.5 Å². The van der Waals surface area contributed by atoms with Gasteiger partial charge in [-0.15, -0.1) is 0 Å². The molecule has 1 rings (SSSR count). The van der Waals surface area contributed by atoms with Crippen LogP contribution in [0.5, 0.6) is 0 Å². The van der Waals surface area contributed by atoms with Crippen molar-refractivity contribution in [2.45, 2.75) is 78.0 Å². The number of carbonyl (C=O) groups is 6. The molecule has 1 amide bonds. The summed E-state index contributed by atoms with van der Waals surface area (Å²) in [5.41, 5.74) is -2.08. The molecule has 0 radical (unpaired) electrons. The van der Waals surface area contributed by atoms with Crippen molar-refractivity contribution in [1.29, 1.82) is 0 Å². The summed E-state index contributed by atoms with van der Waals surface area (Å²) in [4.78, 5) is 70.8. The summed E-state index contributed by atoms with van der Waals surface area (Å²) in [6.45, 7) is 6.06. The minimum absolute atomic E-state index is 0.238. The van der Waals surface area contributed by atoms with Crippen LogP contribution in [-0.4, -0.2) is 72.3 Å². The first-order valence-corrected chi connectivity index (χ1v) is 9.41. The average Bonchev–Trinajstić information content (AvgIpc) is 2.57. The van der Waals surface area contributed by atoms with Crippen molar-refractivity contribution >= 4 is 35.8 Å². The molecule has 0 heterocycles. The van der Waals surface area contributed by atoms with Gasteiger partial charge in [0.25, 0.3) is 0 Å². The third-order valence-electron chi connectivity index (χ3n) is 4.27. The van der Waals surface area contributed by atoms with E-state index >= 15 is 0 Å². The zero-order valence-corrected chi connectivity index (χ0v) is 18.2. The molecule has 12 heteroatoms. The number of ether oxygens (including phenoxy) is 5. The molecule has 0 bridgehead atoms. The maximum Gasteiger partial charge on any atom is 0.303 e. The Kier molecular flexibility index (Phi) is 8.95. The van der Waals surface area contributed by atoms with E-state index in [4.69, 9.17) is 23.7 Å². The maximum absolute atomic E-state index is 12.1. The highest BCUT2D eigenvalue weighted by Crippen LogP contribution is 2.40. The van der Waals surface area contributed by atoms with Gasteiger partial charge >= 0.3 is 29.8 Å². The van der Waals surface area contributed by atoms with Crippen molar-refractivity contribution in [2.24, 2.45) is 0 Å². The molecule has 174 valence electrons. The van der Waals surface area contributed by atoms with Crippen molar-refractivity contribution in [3.63, 3.8) is 0 Å². The molecular formula is C19H27NO11. The second-order valence-corrected chi connectivity index (χ2v) is 7.05. The van der Waals surface area contributed by atoms with Crippen LogP contribution in [0.4, 0.5) is 0 Å². The average molecular weight is 445 g/mol. The van der Waals surface area contributed by atoms with Crippen LogP contribution >= 0.6 is 0 Å². The molecule has 1 N–H and O–H groups in total. The molecule has 1 unspecified atom stereocenters. The van der Waals surface area contributed by atoms with Crippen molar-refractivity contribution in [3.8, 4) is 0 Å². The van der Waals surface area contributed by atoms with E-state index in [0.29, 0.717) is 0 Å². The monoisotopic (exact) mass is 445 g/mol. The van der Waals surface area contributed by atoms with E-state index in [-0.39, 0.29) is 6.42 Å². The second-order valence-electron chi connectivity index (χ2n) is 7.05. The summed E-state index contributed by atoms with van der Waals surface area (Å²) in [6.07, 6.45) is -5.75. The van der Waals surface area contributed by atoms with E-state index < -0.39 is 72.3 Å².